The number of allylic oxidation sites excluding steroid dienone is 2. The van der Waals surface area contributed by atoms with Crippen LogP contribution < -0.4 is 0 Å². The van der Waals surface area contributed by atoms with E-state index in [2.05, 4.69) is 6.58 Å². The number of carbonyl (C=O) groups excluding carboxylic acids is 1. The Balaban J connectivity index is 2.79. The Morgan fingerprint density at radius 2 is 1.96 bits per heavy atom. The van der Waals surface area contributed by atoms with E-state index in [-0.39, 0.29) is 18.3 Å². The van der Waals surface area contributed by atoms with Crippen molar-refractivity contribution in [2.75, 3.05) is 0 Å². The van der Waals surface area contributed by atoms with Crippen LogP contribution in [-0.4, -0.2) is 34.0 Å². The standard InChI is InChI=1S/C18H26O6/c1-12(2)24-14-6-4-5-8-18(3,9-7-14)15(19)10-13(17(22)23)11-16(20)21/h4,6,13-14H,1,5,7-11H2,2-3H3,(H,20,21)(H,22,23)/b6-4+/t13?,14-,18+/m1/s1. The highest BCUT2D eigenvalue weighted by atomic mass is 16.5. The lowest BCUT2D eigenvalue weighted by molar-refractivity contribution is -0.150. The van der Waals surface area contributed by atoms with Gasteiger partial charge in [0.15, 0.2) is 0 Å². The van der Waals surface area contributed by atoms with Crippen LogP contribution in [0.5, 0.6) is 0 Å². The van der Waals surface area contributed by atoms with Crippen LogP contribution in [0.2, 0.25) is 0 Å². The van der Waals surface area contributed by atoms with Gasteiger partial charge in [-0.05, 0) is 38.7 Å². The van der Waals surface area contributed by atoms with Crippen LogP contribution in [0.3, 0.4) is 0 Å². The Bertz CT molecular complexity index is 536. The number of aliphatic carboxylic acids is 2. The summed E-state index contributed by atoms with van der Waals surface area (Å²) < 4.78 is 5.61. The third-order valence-electron chi connectivity index (χ3n) is 4.42. The van der Waals surface area contributed by atoms with E-state index in [1.165, 1.54) is 0 Å². The van der Waals surface area contributed by atoms with Crippen molar-refractivity contribution in [1.82, 2.24) is 0 Å². The molecule has 3 atom stereocenters. The van der Waals surface area contributed by atoms with Gasteiger partial charge in [0, 0.05) is 11.8 Å². The van der Waals surface area contributed by atoms with Crippen molar-refractivity contribution in [3.05, 3.63) is 24.5 Å². The van der Waals surface area contributed by atoms with Crippen LogP contribution >= 0.6 is 0 Å². The van der Waals surface area contributed by atoms with Gasteiger partial charge in [-0.25, -0.2) is 0 Å². The number of carboxylic acids is 2. The zero-order valence-electron chi connectivity index (χ0n) is 14.3. The lowest BCUT2D eigenvalue weighted by atomic mass is 9.73. The lowest BCUT2D eigenvalue weighted by Gasteiger charge is -2.31. The summed E-state index contributed by atoms with van der Waals surface area (Å²) in [6.45, 7) is 7.31. The first-order valence-corrected chi connectivity index (χ1v) is 8.11. The monoisotopic (exact) mass is 338 g/mol. The minimum absolute atomic E-state index is 0.149. The van der Waals surface area contributed by atoms with Crippen LogP contribution in [0, 0.1) is 11.3 Å². The second kappa shape index (κ2) is 8.66. The maximum Gasteiger partial charge on any atom is 0.307 e. The van der Waals surface area contributed by atoms with E-state index in [1.54, 1.807) is 6.92 Å². The van der Waals surface area contributed by atoms with Gasteiger partial charge in [0.1, 0.15) is 11.9 Å². The molecule has 0 heterocycles. The number of hydrogen-bond donors (Lipinski definition) is 2. The van der Waals surface area contributed by atoms with Crippen LogP contribution in [-0.2, 0) is 19.1 Å². The van der Waals surface area contributed by atoms with E-state index in [1.807, 2.05) is 19.1 Å². The normalized spacial score (nSPS) is 26.5. The van der Waals surface area contributed by atoms with Crippen molar-refractivity contribution in [1.29, 1.82) is 0 Å². The molecular formula is C18H26O6. The van der Waals surface area contributed by atoms with Crippen LogP contribution in [0.1, 0.15) is 52.4 Å². The van der Waals surface area contributed by atoms with E-state index in [9.17, 15) is 14.4 Å². The van der Waals surface area contributed by atoms with Crippen LogP contribution in [0.15, 0.2) is 24.5 Å². The molecule has 0 bridgehead atoms. The first-order chi connectivity index (χ1) is 11.1. The summed E-state index contributed by atoms with van der Waals surface area (Å²) in [5.74, 6) is -3.24. The van der Waals surface area contributed by atoms with E-state index < -0.39 is 29.7 Å². The van der Waals surface area contributed by atoms with Gasteiger partial charge in [0.25, 0.3) is 0 Å². The molecule has 0 saturated heterocycles. The second-order valence-corrected chi connectivity index (χ2v) is 6.68. The Morgan fingerprint density at radius 3 is 2.50 bits per heavy atom. The molecule has 1 unspecified atom stereocenters. The average Bonchev–Trinajstić information content (AvgIpc) is 2.45. The number of Topliss-reactive ketones (excluding diaryl/α,β-unsaturated/α-hetero) is 1. The molecule has 0 aromatic rings. The third kappa shape index (κ3) is 6.18. The minimum atomic E-state index is -1.25. The fourth-order valence-corrected chi connectivity index (χ4v) is 2.90. The Morgan fingerprint density at radius 1 is 1.29 bits per heavy atom. The Hall–Kier alpha value is -2.11. The van der Waals surface area contributed by atoms with Gasteiger partial charge in [-0.3, -0.25) is 14.4 Å². The maximum atomic E-state index is 12.7. The highest BCUT2D eigenvalue weighted by Crippen LogP contribution is 2.36. The summed E-state index contributed by atoms with van der Waals surface area (Å²) in [7, 11) is 0. The summed E-state index contributed by atoms with van der Waals surface area (Å²) in [5.41, 5.74) is -0.673. The van der Waals surface area contributed by atoms with E-state index in [0.29, 0.717) is 31.4 Å². The Kier molecular flexibility index (Phi) is 7.19. The lowest BCUT2D eigenvalue weighted by Crippen LogP contribution is -2.33. The van der Waals surface area contributed by atoms with Gasteiger partial charge < -0.3 is 14.9 Å². The van der Waals surface area contributed by atoms with Crippen molar-refractivity contribution in [2.24, 2.45) is 11.3 Å². The fraction of sp³-hybridized carbons (Fsp3) is 0.611. The number of carboxylic acid groups (broad SMARTS) is 2. The highest BCUT2D eigenvalue weighted by molar-refractivity contribution is 5.89. The largest absolute Gasteiger partial charge is 0.492 e. The van der Waals surface area contributed by atoms with Gasteiger partial charge in [-0.15, -0.1) is 0 Å². The summed E-state index contributed by atoms with van der Waals surface area (Å²) >= 11 is 0. The number of rotatable bonds is 8. The zero-order chi connectivity index (χ0) is 18.3. The van der Waals surface area contributed by atoms with E-state index in [4.69, 9.17) is 14.9 Å². The highest BCUT2D eigenvalue weighted by Gasteiger charge is 2.36. The van der Waals surface area contributed by atoms with Crippen molar-refractivity contribution in [3.8, 4) is 0 Å². The first kappa shape index (κ1) is 19.9. The Labute approximate surface area is 142 Å². The molecular weight excluding hydrogens is 312 g/mol. The van der Waals surface area contributed by atoms with Gasteiger partial charge in [-0.2, -0.15) is 0 Å². The molecule has 0 aromatic carbocycles. The van der Waals surface area contributed by atoms with Gasteiger partial charge in [-0.1, -0.05) is 19.6 Å². The second-order valence-electron chi connectivity index (χ2n) is 6.68. The molecule has 0 spiro atoms. The molecule has 134 valence electrons. The molecule has 1 rings (SSSR count). The predicted molar refractivity (Wildman–Crippen MR) is 88.4 cm³/mol. The molecule has 6 heteroatoms. The molecule has 1 aliphatic rings. The third-order valence-corrected chi connectivity index (χ3v) is 4.42. The van der Waals surface area contributed by atoms with Crippen molar-refractivity contribution < 1.29 is 29.3 Å². The number of hydrogen-bond acceptors (Lipinski definition) is 4. The quantitative estimate of drug-likeness (QED) is 0.521. The summed E-state index contributed by atoms with van der Waals surface area (Å²) in [4.78, 5) is 34.7. The van der Waals surface area contributed by atoms with E-state index >= 15 is 0 Å². The molecule has 0 amide bonds. The molecule has 0 aromatic heterocycles. The van der Waals surface area contributed by atoms with Gasteiger partial charge in [0.05, 0.1) is 18.1 Å². The molecule has 2 N–H and O–H groups in total. The van der Waals surface area contributed by atoms with Crippen molar-refractivity contribution >= 4 is 17.7 Å². The molecule has 24 heavy (non-hydrogen) atoms. The topological polar surface area (TPSA) is 101 Å². The van der Waals surface area contributed by atoms with Crippen molar-refractivity contribution in [2.45, 2.75) is 58.5 Å². The molecule has 0 saturated carbocycles. The summed E-state index contributed by atoms with van der Waals surface area (Å²) in [6, 6.07) is 0. The molecule has 0 fully saturated rings. The van der Waals surface area contributed by atoms with Crippen LogP contribution in [0.4, 0.5) is 0 Å². The van der Waals surface area contributed by atoms with Crippen LogP contribution in [0.25, 0.3) is 0 Å². The van der Waals surface area contributed by atoms with Gasteiger partial charge >= 0.3 is 11.9 Å². The number of ketones is 1. The summed E-state index contributed by atoms with van der Waals surface area (Å²) in [5, 5.41) is 18.0. The van der Waals surface area contributed by atoms with Crippen molar-refractivity contribution in [3.63, 3.8) is 0 Å². The first-order valence-electron chi connectivity index (χ1n) is 8.11. The molecule has 0 radical (unpaired) electrons. The molecule has 1 aliphatic carbocycles. The SMILES string of the molecule is C=C(C)O[C@@H]1/C=C/CC[C@](C)(C(=O)CC(CC(=O)O)C(=O)O)CC1. The number of carbonyl (C=O) groups is 3. The summed E-state index contributed by atoms with van der Waals surface area (Å²) in [6.07, 6.45) is 5.47. The molecule has 0 aliphatic heterocycles. The maximum absolute atomic E-state index is 12.7. The zero-order valence-corrected chi connectivity index (χ0v) is 14.3. The van der Waals surface area contributed by atoms with Gasteiger partial charge in [0.2, 0.25) is 0 Å². The predicted octanol–water partition coefficient (Wildman–Crippen LogP) is 3.18. The molecule has 6 nitrogen and oxygen atoms in total. The van der Waals surface area contributed by atoms with E-state index in [0.717, 1.165) is 0 Å². The number of ether oxygens (including phenoxy) is 1. The smallest absolute Gasteiger partial charge is 0.307 e. The average molecular weight is 338 g/mol. The fourth-order valence-electron chi connectivity index (χ4n) is 2.90. The minimum Gasteiger partial charge on any atom is -0.492 e.